The molecule has 6 unspecified atom stereocenters. The molecule has 5 aliphatic rings. The van der Waals surface area contributed by atoms with Crippen LogP contribution in [0.2, 0.25) is 0 Å². The number of Topliss-reactive ketones (excluding diaryl/α,β-unsaturated/α-hetero) is 1. The Hall–Kier alpha value is -4.48. The summed E-state index contributed by atoms with van der Waals surface area (Å²) in [5, 5.41) is 45.5. The number of H-pyrrole nitrogens is 1. The normalized spacial score (nSPS) is 26.4. The fourth-order valence-corrected chi connectivity index (χ4v) is 14.9. The lowest BCUT2D eigenvalue weighted by Gasteiger charge is -2.44. The Bertz CT molecular complexity index is 2560. The molecule has 9 rings (SSSR count). The van der Waals surface area contributed by atoms with Gasteiger partial charge in [-0.3, -0.25) is 9.59 Å². The van der Waals surface area contributed by atoms with Gasteiger partial charge in [-0.1, -0.05) is 83.0 Å². The van der Waals surface area contributed by atoms with Gasteiger partial charge in [0.05, 0.1) is 31.4 Å². The number of nitrogens with one attached hydrogen (secondary N) is 1. The Morgan fingerprint density at radius 2 is 1.73 bits per heavy atom. The highest BCUT2D eigenvalue weighted by Gasteiger charge is 2.58. The summed E-state index contributed by atoms with van der Waals surface area (Å²) in [7, 11) is 3.45. The molecule has 354 valence electrons. The number of phenols is 2. The molecule has 0 radical (unpaired) electrons. The third-order valence-corrected chi connectivity index (χ3v) is 18.4. The number of aryl methyl sites for hydroxylation is 1. The van der Waals surface area contributed by atoms with Crippen LogP contribution in [0.25, 0.3) is 0 Å². The smallest absolute Gasteiger partial charge is 0.165 e. The van der Waals surface area contributed by atoms with Gasteiger partial charge in [-0.15, -0.1) is 0 Å². The van der Waals surface area contributed by atoms with Crippen molar-refractivity contribution >= 4 is 33.2 Å². The molecular weight excluding hydrogens is 879 g/mol. The highest BCUT2D eigenvalue weighted by atomic mass is 33.1. The minimum Gasteiger partial charge on any atom is -0.508 e. The number of ether oxygens (including phenoxy) is 1. The molecule has 0 amide bonds. The Morgan fingerprint density at radius 3 is 2.55 bits per heavy atom. The molecule has 6 atom stereocenters. The molecule has 1 aromatic heterocycles. The number of nitrogens with two attached hydrogens (primary N) is 2. The summed E-state index contributed by atoms with van der Waals surface area (Å²) >= 11 is 0. The number of carbonyl (C=O) groups is 2. The van der Waals surface area contributed by atoms with Crippen LogP contribution in [0.3, 0.4) is 0 Å². The Balaban J connectivity index is 1.06. The van der Waals surface area contributed by atoms with Crippen LogP contribution in [0.1, 0.15) is 151 Å². The van der Waals surface area contributed by atoms with Crippen molar-refractivity contribution in [2.24, 2.45) is 34.1 Å². The average Bonchev–Trinajstić information content (AvgIpc) is 4.08. The minimum absolute atomic E-state index is 0.00533. The van der Waals surface area contributed by atoms with E-state index in [1.165, 1.54) is 12.8 Å². The lowest BCUT2D eigenvalue weighted by atomic mass is 9.62. The molecule has 0 spiro atoms. The SMILES string of the molecule is NC(N)c1cc2c3cc1CSSCC14CCC(CCCC(O)C5CCCC5)C(C=CC(=O)CCc5ccc(O)c(c5)OCCc5ccc(O)c(c5)C3CC(=O)c3cc[nH]c3CC#C2)(CC1O)C4. The van der Waals surface area contributed by atoms with Gasteiger partial charge in [-0.05, 0) is 139 Å². The van der Waals surface area contributed by atoms with Crippen LogP contribution in [0.4, 0.5) is 0 Å². The molecule has 4 aromatic rings. The number of aromatic hydroxyl groups is 2. The van der Waals surface area contributed by atoms with Crippen LogP contribution >= 0.6 is 21.6 Å². The van der Waals surface area contributed by atoms with Crippen LogP contribution < -0.4 is 16.2 Å². The monoisotopic (exact) mass is 943 g/mol. The maximum absolute atomic E-state index is 14.2. The first-order chi connectivity index (χ1) is 32.4. The quantitative estimate of drug-likeness (QED) is 0.0554. The van der Waals surface area contributed by atoms with E-state index in [9.17, 15) is 30.0 Å². The molecule has 3 saturated carbocycles. The number of hydrogen-bond acceptors (Lipinski definition) is 11. The predicted octanol–water partition coefficient (Wildman–Crippen LogP) is 9.49. The molecule has 67 heavy (non-hydrogen) atoms. The summed E-state index contributed by atoms with van der Waals surface area (Å²) in [6.45, 7) is 0.230. The second kappa shape index (κ2) is 20.6. The standard InChI is InChI=1S/C55H65N3O7S2/c56-53(57)43-27-37-7-3-9-46-41(19-23-58-46)50(63)29-44-42(37)28-38(43)31-66-67-33-55-21-17-39(8-4-10-47(60)36-5-1-2-6-36)54(32-55,30-52(55)64)22-18-40(59)14-11-34-13-16-49(62)51(26-34)65-24-20-35-12-15-48(61)45(44)25-35/h12-13,15-16,18-19,22-23,25-28,36,39,44,47,52-53,58,60-62,64H,1-2,4-6,8-11,14,17,20-21,24,29-33,56-57H2. The Kier molecular flexibility index (Phi) is 14.6. The Morgan fingerprint density at radius 1 is 0.925 bits per heavy atom. The maximum Gasteiger partial charge on any atom is 0.165 e. The molecular formula is C55H65N3O7S2. The largest absolute Gasteiger partial charge is 0.508 e. The van der Waals surface area contributed by atoms with Gasteiger partial charge >= 0.3 is 0 Å². The van der Waals surface area contributed by atoms with E-state index in [2.05, 4.69) is 29.0 Å². The van der Waals surface area contributed by atoms with Crippen LogP contribution in [0.5, 0.6) is 17.2 Å². The molecule has 4 aliphatic carbocycles. The van der Waals surface area contributed by atoms with E-state index in [-0.39, 0.29) is 53.0 Å². The van der Waals surface area contributed by atoms with Crippen molar-refractivity contribution in [1.82, 2.24) is 4.98 Å². The zero-order chi connectivity index (χ0) is 46.7. The first kappa shape index (κ1) is 47.6. The molecule has 3 fully saturated rings. The van der Waals surface area contributed by atoms with Gasteiger partial charge < -0.3 is 41.6 Å². The highest BCUT2D eigenvalue weighted by molar-refractivity contribution is 8.76. The van der Waals surface area contributed by atoms with Gasteiger partial charge in [-0.2, -0.15) is 0 Å². The fraction of sp³-hybridized carbons (Fsp3) is 0.491. The van der Waals surface area contributed by atoms with Crippen molar-refractivity contribution in [3.8, 4) is 29.1 Å². The summed E-state index contributed by atoms with van der Waals surface area (Å²) in [5.74, 6) is 8.47. The molecule has 2 heterocycles. The summed E-state index contributed by atoms with van der Waals surface area (Å²) < 4.78 is 6.17. The minimum atomic E-state index is -0.786. The summed E-state index contributed by atoms with van der Waals surface area (Å²) in [5.41, 5.74) is 19.2. The number of carbonyl (C=O) groups excluding carboxylic acids is 2. The van der Waals surface area contributed by atoms with E-state index in [0.29, 0.717) is 72.1 Å². The Labute approximate surface area is 402 Å². The summed E-state index contributed by atoms with van der Waals surface area (Å²) in [4.78, 5) is 31.1. The average molecular weight is 944 g/mol. The third kappa shape index (κ3) is 10.4. The first-order valence-electron chi connectivity index (χ1n) is 24.4. The fourth-order valence-electron chi connectivity index (χ4n) is 12.1. The van der Waals surface area contributed by atoms with E-state index >= 15 is 0 Å². The van der Waals surface area contributed by atoms with E-state index in [0.717, 1.165) is 90.6 Å². The number of aliphatic hydroxyl groups is 2. The summed E-state index contributed by atoms with van der Waals surface area (Å²) in [6, 6.07) is 16.5. The number of ketones is 2. The number of aromatic nitrogens is 1. The van der Waals surface area contributed by atoms with Gasteiger partial charge in [0.2, 0.25) is 0 Å². The second-order valence-corrected chi connectivity index (χ2v) is 22.5. The van der Waals surface area contributed by atoms with E-state index in [1.54, 1.807) is 58.1 Å². The number of hydrogen-bond donors (Lipinski definition) is 7. The van der Waals surface area contributed by atoms with Crippen LogP contribution in [-0.2, 0) is 29.8 Å². The van der Waals surface area contributed by atoms with Crippen molar-refractivity contribution in [1.29, 1.82) is 0 Å². The zero-order valence-electron chi connectivity index (χ0n) is 38.3. The molecule has 3 aromatic carbocycles. The first-order valence-corrected chi connectivity index (χ1v) is 26.8. The van der Waals surface area contributed by atoms with E-state index < -0.39 is 18.2 Å². The number of benzene rings is 3. The lowest BCUT2D eigenvalue weighted by Crippen LogP contribution is -2.38. The van der Waals surface area contributed by atoms with Crippen LogP contribution in [-0.4, -0.2) is 61.5 Å². The topological polar surface area (TPSA) is 192 Å². The second-order valence-electron chi connectivity index (χ2n) is 20.1. The number of aliphatic hydroxyl groups excluding tert-OH is 2. The van der Waals surface area contributed by atoms with Crippen LogP contribution in [0, 0.1) is 34.5 Å². The van der Waals surface area contributed by atoms with Crippen molar-refractivity contribution in [2.75, 3.05) is 12.4 Å². The van der Waals surface area contributed by atoms with Crippen LogP contribution in [0.15, 0.2) is 72.9 Å². The summed E-state index contributed by atoms with van der Waals surface area (Å²) in [6.07, 6.45) is 16.3. The van der Waals surface area contributed by atoms with E-state index in [4.69, 9.17) is 16.2 Å². The number of phenolic OH excluding ortho intramolecular Hbond substituents is 2. The number of allylic oxidation sites excluding steroid dienone is 2. The molecule has 12 heteroatoms. The maximum atomic E-state index is 14.2. The number of fused-ring (bicyclic) bond motifs is 7. The van der Waals surface area contributed by atoms with Gasteiger partial charge in [0.15, 0.2) is 23.1 Å². The van der Waals surface area contributed by atoms with Crippen molar-refractivity contribution in [3.05, 3.63) is 123 Å². The predicted molar refractivity (Wildman–Crippen MR) is 266 cm³/mol. The molecule has 9 N–H and O–H groups in total. The lowest BCUT2D eigenvalue weighted by molar-refractivity contribution is -0.114. The zero-order valence-corrected chi connectivity index (χ0v) is 39.9. The van der Waals surface area contributed by atoms with Gasteiger partial charge in [0.1, 0.15) is 5.75 Å². The highest BCUT2D eigenvalue weighted by Crippen LogP contribution is 2.64. The van der Waals surface area contributed by atoms with Crippen molar-refractivity contribution in [3.63, 3.8) is 0 Å². The van der Waals surface area contributed by atoms with Gasteiger partial charge in [0.25, 0.3) is 0 Å². The van der Waals surface area contributed by atoms with Gasteiger partial charge in [-0.25, -0.2) is 0 Å². The molecule has 10 nitrogen and oxygen atoms in total. The number of aromatic amines is 1. The molecule has 1 aliphatic heterocycles. The number of rotatable bonds is 6. The van der Waals surface area contributed by atoms with E-state index in [1.807, 2.05) is 24.3 Å². The third-order valence-electron chi connectivity index (χ3n) is 15.9. The van der Waals surface area contributed by atoms with Crippen molar-refractivity contribution in [2.45, 2.75) is 133 Å². The van der Waals surface area contributed by atoms with Gasteiger partial charge in [0, 0.05) is 70.7 Å². The molecule has 8 bridgehead atoms. The van der Waals surface area contributed by atoms with Crippen molar-refractivity contribution < 1.29 is 34.8 Å². The molecule has 0 saturated heterocycles.